The number of anilines is 1. The standard InChI is InChI=1S/C18H30N4O2S/c1-4-18(5-2)8-10-22(13-18)17-20-12-15(25(3,23)24)16(21-17)14-7-6-9-19-11-14/h12,14,19H,4-11,13H2,1-3H3/t14-/m0/s1. The molecule has 1 aromatic rings. The fraction of sp³-hybridized carbons (Fsp3) is 0.778. The van der Waals surface area contributed by atoms with Crippen LogP contribution in [-0.4, -0.2) is 50.8 Å². The van der Waals surface area contributed by atoms with Crippen molar-refractivity contribution in [3.63, 3.8) is 0 Å². The van der Waals surface area contributed by atoms with E-state index in [1.54, 1.807) is 0 Å². The lowest BCUT2D eigenvalue weighted by molar-refractivity contribution is 0.301. The lowest BCUT2D eigenvalue weighted by atomic mass is 9.82. The van der Waals surface area contributed by atoms with E-state index in [0.717, 1.165) is 58.3 Å². The minimum absolute atomic E-state index is 0.143. The quantitative estimate of drug-likeness (QED) is 0.862. The summed E-state index contributed by atoms with van der Waals surface area (Å²) in [7, 11) is -3.33. The molecule has 1 N–H and O–H groups in total. The molecule has 140 valence electrons. The predicted molar refractivity (Wildman–Crippen MR) is 99.8 cm³/mol. The topological polar surface area (TPSA) is 75.2 Å². The summed E-state index contributed by atoms with van der Waals surface area (Å²) in [5, 5.41) is 3.36. The minimum Gasteiger partial charge on any atom is -0.340 e. The van der Waals surface area contributed by atoms with Gasteiger partial charge in [-0.1, -0.05) is 13.8 Å². The van der Waals surface area contributed by atoms with Crippen LogP contribution in [0.25, 0.3) is 0 Å². The van der Waals surface area contributed by atoms with Crippen molar-refractivity contribution >= 4 is 15.8 Å². The number of rotatable bonds is 5. The molecule has 2 aliphatic rings. The highest BCUT2D eigenvalue weighted by Crippen LogP contribution is 2.38. The van der Waals surface area contributed by atoms with Gasteiger partial charge in [0.15, 0.2) is 9.84 Å². The first-order valence-corrected chi connectivity index (χ1v) is 11.3. The smallest absolute Gasteiger partial charge is 0.225 e. The van der Waals surface area contributed by atoms with E-state index in [4.69, 9.17) is 4.98 Å². The number of nitrogens with one attached hydrogen (secondary N) is 1. The Bertz CT molecular complexity index is 710. The monoisotopic (exact) mass is 366 g/mol. The third-order valence-corrected chi connectivity index (χ3v) is 7.19. The van der Waals surface area contributed by atoms with Crippen LogP contribution in [0.1, 0.15) is 57.6 Å². The average molecular weight is 367 g/mol. The number of piperidine rings is 1. The Morgan fingerprint density at radius 3 is 2.68 bits per heavy atom. The number of sulfone groups is 1. The first-order valence-electron chi connectivity index (χ1n) is 9.41. The average Bonchev–Trinajstić information content (AvgIpc) is 3.06. The van der Waals surface area contributed by atoms with Gasteiger partial charge in [0, 0.05) is 31.8 Å². The SMILES string of the molecule is CCC1(CC)CCN(c2ncc(S(C)(=O)=O)c([C@H]3CCCNC3)n2)C1. The van der Waals surface area contributed by atoms with E-state index in [0.29, 0.717) is 22.0 Å². The number of nitrogens with zero attached hydrogens (tertiary/aromatic N) is 3. The van der Waals surface area contributed by atoms with Crippen LogP contribution in [0.5, 0.6) is 0 Å². The zero-order valence-electron chi connectivity index (χ0n) is 15.6. The summed E-state index contributed by atoms with van der Waals surface area (Å²) in [6, 6.07) is 0. The van der Waals surface area contributed by atoms with E-state index in [1.807, 2.05) is 0 Å². The van der Waals surface area contributed by atoms with E-state index in [9.17, 15) is 8.42 Å². The highest BCUT2D eigenvalue weighted by Gasteiger charge is 2.36. The van der Waals surface area contributed by atoms with E-state index >= 15 is 0 Å². The molecule has 1 atom stereocenters. The summed E-state index contributed by atoms with van der Waals surface area (Å²) >= 11 is 0. The summed E-state index contributed by atoms with van der Waals surface area (Å²) in [4.78, 5) is 11.7. The molecule has 6 nitrogen and oxygen atoms in total. The van der Waals surface area contributed by atoms with E-state index < -0.39 is 9.84 Å². The Hall–Kier alpha value is -1.21. The van der Waals surface area contributed by atoms with Crippen LogP contribution in [0.2, 0.25) is 0 Å². The van der Waals surface area contributed by atoms with E-state index in [-0.39, 0.29) is 5.92 Å². The number of aromatic nitrogens is 2. The van der Waals surface area contributed by atoms with Gasteiger partial charge in [-0.2, -0.15) is 0 Å². The second kappa shape index (κ2) is 7.19. The molecular formula is C18H30N4O2S. The molecule has 2 saturated heterocycles. The van der Waals surface area contributed by atoms with Crippen molar-refractivity contribution in [2.75, 3.05) is 37.3 Å². The molecule has 7 heteroatoms. The molecule has 3 heterocycles. The van der Waals surface area contributed by atoms with E-state index in [1.165, 1.54) is 12.5 Å². The maximum atomic E-state index is 12.2. The maximum absolute atomic E-state index is 12.2. The molecule has 2 aliphatic heterocycles. The highest BCUT2D eigenvalue weighted by molar-refractivity contribution is 7.90. The molecule has 3 rings (SSSR count). The van der Waals surface area contributed by atoms with Gasteiger partial charge in [-0.25, -0.2) is 18.4 Å². The summed E-state index contributed by atoms with van der Waals surface area (Å²) in [6.07, 6.45) is 8.25. The molecule has 0 saturated carbocycles. The van der Waals surface area contributed by atoms with Crippen LogP contribution in [0.4, 0.5) is 5.95 Å². The van der Waals surface area contributed by atoms with Crippen LogP contribution >= 0.6 is 0 Å². The maximum Gasteiger partial charge on any atom is 0.225 e. The first kappa shape index (κ1) is 18.6. The molecule has 1 aromatic heterocycles. The lowest BCUT2D eigenvalue weighted by Gasteiger charge is -2.27. The van der Waals surface area contributed by atoms with Gasteiger partial charge in [-0.15, -0.1) is 0 Å². The lowest BCUT2D eigenvalue weighted by Crippen LogP contribution is -2.31. The summed E-state index contributed by atoms with van der Waals surface area (Å²) in [6.45, 7) is 8.18. The Morgan fingerprint density at radius 1 is 1.36 bits per heavy atom. The Morgan fingerprint density at radius 2 is 2.12 bits per heavy atom. The van der Waals surface area contributed by atoms with Gasteiger partial charge in [-0.3, -0.25) is 0 Å². The van der Waals surface area contributed by atoms with Crippen molar-refractivity contribution in [3.8, 4) is 0 Å². The molecule has 0 spiro atoms. The summed E-state index contributed by atoms with van der Waals surface area (Å²) < 4.78 is 24.4. The zero-order valence-corrected chi connectivity index (χ0v) is 16.4. The third-order valence-electron chi connectivity index (χ3n) is 6.07. The highest BCUT2D eigenvalue weighted by atomic mass is 32.2. The fourth-order valence-electron chi connectivity index (χ4n) is 4.12. The molecule has 0 unspecified atom stereocenters. The Labute approximate surface area is 151 Å². The molecule has 0 aliphatic carbocycles. The first-order chi connectivity index (χ1) is 11.9. The van der Waals surface area contributed by atoms with Gasteiger partial charge in [0.2, 0.25) is 5.95 Å². The van der Waals surface area contributed by atoms with Crippen LogP contribution in [0, 0.1) is 5.41 Å². The van der Waals surface area contributed by atoms with Crippen molar-refractivity contribution in [1.29, 1.82) is 0 Å². The van der Waals surface area contributed by atoms with E-state index in [2.05, 4.69) is 29.0 Å². The van der Waals surface area contributed by atoms with Crippen LogP contribution in [0.3, 0.4) is 0 Å². The Balaban J connectivity index is 1.94. The normalized spacial score (nSPS) is 23.8. The van der Waals surface area contributed by atoms with Gasteiger partial charge < -0.3 is 10.2 Å². The largest absolute Gasteiger partial charge is 0.340 e. The number of hydrogen-bond acceptors (Lipinski definition) is 6. The molecule has 0 aromatic carbocycles. The summed E-state index contributed by atoms with van der Waals surface area (Å²) in [5.41, 5.74) is 1.04. The van der Waals surface area contributed by atoms with Gasteiger partial charge in [0.25, 0.3) is 0 Å². The van der Waals surface area contributed by atoms with Crippen molar-refractivity contribution in [2.24, 2.45) is 5.41 Å². The molecule has 2 fully saturated rings. The zero-order chi connectivity index (χ0) is 18.1. The van der Waals surface area contributed by atoms with Gasteiger partial charge in [0.1, 0.15) is 4.90 Å². The van der Waals surface area contributed by atoms with Crippen LogP contribution < -0.4 is 10.2 Å². The molecule has 0 amide bonds. The fourth-order valence-corrected chi connectivity index (χ4v) is 4.96. The van der Waals surface area contributed by atoms with Gasteiger partial charge in [0.05, 0.1) is 11.9 Å². The summed E-state index contributed by atoms with van der Waals surface area (Å²) in [5.74, 6) is 0.835. The van der Waals surface area contributed by atoms with Crippen molar-refractivity contribution in [1.82, 2.24) is 15.3 Å². The molecule has 25 heavy (non-hydrogen) atoms. The second-order valence-corrected chi connectivity index (χ2v) is 9.60. The number of hydrogen-bond donors (Lipinski definition) is 1. The minimum atomic E-state index is -3.33. The third kappa shape index (κ3) is 3.82. The van der Waals surface area contributed by atoms with Crippen LogP contribution in [-0.2, 0) is 9.84 Å². The van der Waals surface area contributed by atoms with Crippen molar-refractivity contribution in [3.05, 3.63) is 11.9 Å². The Kier molecular flexibility index (Phi) is 5.34. The predicted octanol–water partition coefficient (Wildman–Crippen LogP) is 2.36. The van der Waals surface area contributed by atoms with Gasteiger partial charge >= 0.3 is 0 Å². The van der Waals surface area contributed by atoms with Crippen molar-refractivity contribution < 1.29 is 8.42 Å². The van der Waals surface area contributed by atoms with Gasteiger partial charge in [-0.05, 0) is 44.1 Å². The molecule has 0 radical (unpaired) electrons. The molecule has 0 bridgehead atoms. The molecular weight excluding hydrogens is 336 g/mol. The van der Waals surface area contributed by atoms with Crippen molar-refractivity contribution in [2.45, 2.75) is 56.8 Å². The second-order valence-electron chi connectivity index (χ2n) is 7.61. The van der Waals surface area contributed by atoms with Crippen LogP contribution in [0.15, 0.2) is 11.1 Å².